The molecule has 0 bridgehead atoms. The fraction of sp³-hybridized carbons (Fsp3) is 0.375. The fourth-order valence-electron chi connectivity index (χ4n) is 1.36. The van der Waals surface area contributed by atoms with Gasteiger partial charge in [0.2, 0.25) is 0 Å². The third-order valence-corrected chi connectivity index (χ3v) is 1.96. The summed E-state index contributed by atoms with van der Waals surface area (Å²) in [5.74, 6) is -0.0932. The Hall–Kier alpha value is -1.25. The second-order valence-electron chi connectivity index (χ2n) is 2.67. The summed E-state index contributed by atoms with van der Waals surface area (Å²) in [6.45, 7) is 0. The van der Waals surface area contributed by atoms with Crippen molar-refractivity contribution in [1.29, 1.82) is 0 Å². The highest BCUT2D eigenvalue weighted by Crippen LogP contribution is 2.19. The van der Waals surface area contributed by atoms with E-state index in [1.54, 1.807) is 0 Å². The van der Waals surface area contributed by atoms with Gasteiger partial charge < -0.3 is 0 Å². The normalized spacial score (nSPS) is 28.2. The second kappa shape index (κ2) is 2.42. The lowest BCUT2D eigenvalue weighted by Crippen LogP contribution is -2.26. The molecule has 0 N–H and O–H groups in total. The molecule has 0 saturated heterocycles. The molecule has 0 fully saturated rings. The molecule has 2 aliphatic rings. The van der Waals surface area contributed by atoms with Crippen LogP contribution in [0, 0.1) is 5.92 Å². The minimum absolute atomic E-state index is 0.0423. The van der Waals surface area contributed by atoms with E-state index < -0.39 is 0 Å². The summed E-state index contributed by atoms with van der Waals surface area (Å²) in [7, 11) is 0. The van der Waals surface area contributed by atoms with Crippen LogP contribution in [0.3, 0.4) is 0 Å². The minimum atomic E-state index is -0.0509. The van der Waals surface area contributed by atoms with Crippen molar-refractivity contribution in [3.63, 3.8) is 0 Å². The molecule has 1 aliphatic carbocycles. The van der Waals surface area contributed by atoms with Crippen molar-refractivity contribution in [2.75, 3.05) is 0 Å². The average molecular weight is 148 g/mol. The van der Waals surface area contributed by atoms with Crippen molar-refractivity contribution in [3.8, 4) is 0 Å². The number of fused-ring (bicyclic) bond motifs is 1. The molecule has 1 atom stereocenters. The van der Waals surface area contributed by atoms with Gasteiger partial charge in [-0.15, -0.1) is 0 Å². The third kappa shape index (κ3) is 1.02. The zero-order chi connectivity index (χ0) is 7.68. The summed E-state index contributed by atoms with van der Waals surface area (Å²) in [4.78, 5) is 18.8. The molecule has 0 saturated carbocycles. The Morgan fingerprint density at radius 1 is 1.55 bits per heavy atom. The first kappa shape index (κ1) is 6.46. The molecule has 0 radical (unpaired) electrons. The first-order chi connectivity index (χ1) is 5.38. The summed E-state index contributed by atoms with van der Waals surface area (Å²) in [5, 5.41) is 0. The summed E-state index contributed by atoms with van der Waals surface area (Å²) >= 11 is 0. The van der Waals surface area contributed by atoms with Crippen LogP contribution in [0.5, 0.6) is 0 Å². The summed E-state index contributed by atoms with van der Waals surface area (Å²) < 4.78 is 0. The quantitative estimate of drug-likeness (QED) is 0.504. The molecule has 2 rings (SSSR count). The van der Waals surface area contributed by atoms with Gasteiger partial charge in [-0.1, -0.05) is 6.08 Å². The number of hydrogen-bond donors (Lipinski definition) is 0. The van der Waals surface area contributed by atoms with Crippen LogP contribution in [-0.2, 0) is 4.79 Å². The minimum Gasteiger partial charge on any atom is -0.272 e. The number of allylic oxidation sites excluding steroid dienone is 2. The SMILES string of the molecule is O=C1N=CN=C2C=CCCC12. The Labute approximate surface area is 64.5 Å². The van der Waals surface area contributed by atoms with Crippen LogP contribution in [-0.4, -0.2) is 18.0 Å². The van der Waals surface area contributed by atoms with E-state index in [4.69, 9.17) is 0 Å². The van der Waals surface area contributed by atoms with Crippen LogP contribution in [0.1, 0.15) is 12.8 Å². The highest BCUT2D eigenvalue weighted by atomic mass is 16.1. The molecule has 0 aromatic heterocycles. The number of rotatable bonds is 0. The maximum absolute atomic E-state index is 11.1. The molecule has 0 spiro atoms. The molecular weight excluding hydrogens is 140 g/mol. The Morgan fingerprint density at radius 3 is 3.27 bits per heavy atom. The van der Waals surface area contributed by atoms with Gasteiger partial charge in [0.15, 0.2) is 0 Å². The van der Waals surface area contributed by atoms with E-state index in [1.165, 1.54) is 6.34 Å². The van der Waals surface area contributed by atoms with Crippen LogP contribution >= 0.6 is 0 Å². The maximum Gasteiger partial charge on any atom is 0.256 e. The molecule has 0 aromatic carbocycles. The van der Waals surface area contributed by atoms with Crippen molar-refractivity contribution in [2.45, 2.75) is 12.8 Å². The van der Waals surface area contributed by atoms with Crippen molar-refractivity contribution >= 4 is 18.0 Å². The van der Waals surface area contributed by atoms with Gasteiger partial charge in [0, 0.05) is 0 Å². The van der Waals surface area contributed by atoms with Gasteiger partial charge in [0.05, 0.1) is 11.6 Å². The van der Waals surface area contributed by atoms with Crippen LogP contribution in [0.4, 0.5) is 0 Å². The highest BCUT2D eigenvalue weighted by Gasteiger charge is 2.25. The first-order valence-corrected chi connectivity index (χ1v) is 3.68. The van der Waals surface area contributed by atoms with Crippen LogP contribution in [0.2, 0.25) is 0 Å². The van der Waals surface area contributed by atoms with Crippen molar-refractivity contribution < 1.29 is 4.79 Å². The Kier molecular flexibility index (Phi) is 1.42. The zero-order valence-corrected chi connectivity index (χ0v) is 6.03. The van der Waals surface area contributed by atoms with E-state index in [2.05, 4.69) is 9.98 Å². The Balaban J connectivity index is 2.36. The van der Waals surface area contributed by atoms with E-state index >= 15 is 0 Å². The van der Waals surface area contributed by atoms with Gasteiger partial charge in [-0.3, -0.25) is 4.79 Å². The maximum atomic E-state index is 11.1. The summed E-state index contributed by atoms with van der Waals surface area (Å²) in [6, 6.07) is 0. The van der Waals surface area contributed by atoms with E-state index in [0.717, 1.165) is 18.6 Å². The van der Waals surface area contributed by atoms with Crippen molar-refractivity contribution in [1.82, 2.24) is 0 Å². The predicted molar refractivity (Wildman–Crippen MR) is 42.8 cm³/mol. The average Bonchev–Trinajstić information content (AvgIpc) is 2.06. The van der Waals surface area contributed by atoms with Gasteiger partial charge >= 0.3 is 0 Å². The lowest BCUT2D eigenvalue weighted by molar-refractivity contribution is -0.119. The van der Waals surface area contributed by atoms with Gasteiger partial charge in [-0.25, -0.2) is 9.98 Å². The molecule has 3 heteroatoms. The number of hydrogen-bond acceptors (Lipinski definition) is 2. The van der Waals surface area contributed by atoms with E-state index in [0.29, 0.717) is 0 Å². The molecule has 56 valence electrons. The van der Waals surface area contributed by atoms with Crippen molar-refractivity contribution in [2.24, 2.45) is 15.9 Å². The molecule has 1 aliphatic heterocycles. The summed E-state index contributed by atoms with van der Waals surface area (Å²) in [5.41, 5.74) is 0.872. The van der Waals surface area contributed by atoms with Crippen LogP contribution in [0.15, 0.2) is 22.1 Å². The first-order valence-electron chi connectivity index (χ1n) is 3.68. The smallest absolute Gasteiger partial charge is 0.256 e. The number of carbonyl (C=O) groups is 1. The summed E-state index contributed by atoms with van der Waals surface area (Å²) in [6.07, 6.45) is 7.12. The topological polar surface area (TPSA) is 41.8 Å². The molecule has 1 amide bonds. The molecule has 11 heavy (non-hydrogen) atoms. The molecule has 3 nitrogen and oxygen atoms in total. The van der Waals surface area contributed by atoms with E-state index in [1.807, 2.05) is 12.2 Å². The predicted octanol–water partition coefficient (Wildman–Crippen LogP) is 0.962. The standard InChI is InChI=1S/C8H8N2O/c11-8-6-3-1-2-4-7(6)9-5-10-8/h2,4-6H,1,3H2. The van der Waals surface area contributed by atoms with Gasteiger partial charge in [-0.05, 0) is 18.9 Å². The fourth-order valence-corrected chi connectivity index (χ4v) is 1.36. The Morgan fingerprint density at radius 2 is 2.45 bits per heavy atom. The second-order valence-corrected chi connectivity index (χ2v) is 2.67. The molecule has 1 heterocycles. The lowest BCUT2D eigenvalue weighted by Gasteiger charge is -2.17. The monoisotopic (exact) mass is 148 g/mol. The molecule has 1 unspecified atom stereocenters. The largest absolute Gasteiger partial charge is 0.272 e. The van der Waals surface area contributed by atoms with E-state index in [9.17, 15) is 4.79 Å². The number of aliphatic imine (C=N–C) groups is 2. The number of nitrogens with zero attached hydrogens (tertiary/aromatic N) is 2. The highest BCUT2D eigenvalue weighted by molar-refractivity contribution is 6.16. The van der Waals surface area contributed by atoms with Crippen LogP contribution in [0.25, 0.3) is 0 Å². The lowest BCUT2D eigenvalue weighted by atomic mass is 9.91. The Bertz CT molecular complexity index is 276. The van der Waals surface area contributed by atoms with Gasteiger partial charge in [0.25, 0.3) is 5.91 Å². The number of amides is 1. The van der Waals surface area contributed by atoms with Crippen molar-refractivity contribution in [3.05, 3.63) is 12.2 Å². The van der Waals surface area contributed by atoms with Crippen LogP contribution < -0.4 is 0 Å². The number of carbonyl (C=O) groups excluding carboxylic acids is 1. The van der Waals surface area contributed by atoms with Gasteiger partial charge in [-0.2, -0.15) is 0 Å². The van der Waals surface area contributed by atoms with Gasteiger partial charge in [0.1, 0.15) is 6.34 Å². The zero-order valence-electron chi connectivity index (χ0n) is 6.03. The third-order valence-electron chi connectivity index (χ3n) is 1.96. The molecular formula is C8H8N2O. The van der Waals surface area contributed by atoms with E-state index in [-0.39, 0.29) is 11.8 Å². The molecule has 0 aromatic rings.